The van der Waals surface area contributed by atoms with Crippen LogP contribution in [0, 0.1) is 0 Å². The first-order valence-electron chi connectivity index (χ1n) is 5.44. The molecule has 0 spiro atoms. The number of benzene rings is 1. The molecule has 0 radical (unpaired) electrons. The van der Waals surface area contributed by atoms with Gasteiger partial charge in [-0.15, -0.1) is 11.3 Å². The Morgan fingerprint density at radius 3 is 2.78 bits per heavy atom. The van der Waals surface area contributed by atoms with E-state index >= 15 is 0 Å². The minimum atomic E-state index is -0.0681. The maximum absolute atomic E-state index is 12.4. The van der Waals surface area contributed by atoms with Gasteiger partial charge in [0.25, 0.3) is 0 Å². The monoisotopic (exact) mass is 325 g/mol. The first-order chi connectivity index (χ1) is 8.63. The largest absolute Gasteiger partial charge is 0.491 e. The van der Waals surface area contributed by atoms with E-state index < -0.39 is 0 Å². The minimum Gasteiger partial charge on any atom is -0.491 e. The quantitative estimate of drug-likeness (QED) is 0.688. The van der Waals surface area contributed by atoms with Gasteiger partial charge in [-0.1, -0.05) is 6.07 Å². The van der Waals surface area contributed by atoms with Gasteiger partial charge in [0, 0.05) is 0 Å². The third-order valence-electron chi connectivity index (χ3n) is 2.38. The van der Waals surface area contributed by atoms with E-state index in [9.17, 15) is 4.79 Å². The number of nitrogens with two attached hydrogens (primary N) is 1. The van der Waals surface area contributed by atoms with Gasteiger partial charge in [0.15, 0.2) is 5.75 Å². The van der Waals surface area contributed by atoms with Crippen LogP contribution in [-0.2, 0) is 0 Å². The smallest absolute Gasteiger partial charge is 0.206 e. The van der Waals surface area contributed by atoms with Crippen molar-refractivity contribution in [3.63, 3.8) is 0 Å². The Balaban J connectivity index is 2.44. The van der Waals surface area contributed by atoms with Crippen LogP contribution in [0.3, 0.4) is 0 Å². The third-order valence-corrected chi connectivity index (χ3v) is 4.00. The minimum absolute atomic E-state index is 0.0681. The first-order valence-corrected chi connectivity index (χ1v) is 7.05. The van der Waals surface area contributed by atoms with E-state index in [2.05, 4.69) is 15.9 Å². The Morgan fingerprint density at radius 2 is 2.17 bits per heavy atom. The van der Waals surface area contributed by atoms with Crippen molar-refractivity contribution in [3.8, 4) is 5.75 Å². The molecule has 0 saturated heterocycles. The molecule has 2 aromatic rings. The number of nitrogen functional groups attached to an aromatic ring is 1. The summed E-state index contributed by atoms with van der Waals surface area (Å²) in [6, 6.07) is 8.86. The van der Waals surface area contributed by atoms with Crippen molar-refractivity contribution in [1.82, 2.24) is 0 Å². The molecule has 2 rings (SSSR count). The molecule has 1 heterocycles. The van der Waals surface area contributed by atoms with Gasteiger partial charge in [-0.25, -0.2) is 0 Å². The van der Waals surface area contributed by atoms with Crippen molar-refractivity contribution in [3.05, 3.63) is 44.6 Å². The fraction of sp³-hybridized carbons (Fsp3) is 0.154. The van der Waals surface area contributed by atoms with Crippen molar-refractivity contribution >= 4 is 38.7 Å². The first kappa shape index (κ1) is 13.1. The molecule has 0 fully saturated rings. The van der Waals surface area contributed by atoms with Crippen molar-refractivity contribution in [2.24, 2.45) is 0 Å². The Kier molecular flexibility index (Phi) is 4.04. The van der Waals surface area contributed by atoms with E-state index in [1.165, 1.54) is 11.3 Å². The summed E-state index contributed by atoms with van der Waals surface area (Å²) in [4.78, 5) is 13.0. The zero-order chi connectivity index (χ0) is 13.1. The molecular formula is C13H12BrNO2S. The average Bonchev–Trinajstić information content (AvgIpc) is 2.78. The summed E-state index contributed by atoms with van der Waals surface area (Å²) in [5.41, 5.74) is 6.84. The van der Waals surface area contributed by atoms with Crippen molar-refractivity contribution in [2.75, 3.05) is 12.3 Å². The number of carbonyl (C=O) groups is 1. The van der Waals surface area contributed by atoms with Gasteiger partial charge in [-0.05, 0) is 47.1 Å². The maximum atomic E-state index is 12.4. The van der Waals surface area contributed by atoms with Crippen molar-refractivity contribution in [1.29, 1.82) is 0 Å². The summed E-state index contributed by atoms with van der Waals surface area (Å²) in [5, 5.41) is 0. The fourth-order valence-electron chi connectivity index (χ4n) is 1.61. The Hall–Kier alpha value is -1.33. The lowest BCUT2D eigenvalue weighted by atomic mass is 10.1. The summed E-state index contributed by atoms with van der Waals surface area (Å²) in [6.45, 7) is 2.34. The molecule has 3 nitrogen and oxygen atoms in total. The average molecular weight is 326 g/mol. The Morgan fingerprint density at radius 1 is 1.39 bits per heavy atom. The van der Waals surface area contributed by atoms with Crippen molar-refractivity contribution < 1.29 is 9.53 Å². The van der Waals surface area contributed by atoms with Gasteiger partial charge < -0.3 is 10.5 Å². The highest BCUT2D eigenvalue weighted by Crippen LogP contribution is 2.31. The van der Waals surface area contributed by atoms with E-state index in [-0.39, 0.29) is 5.78 Å². The maximum Gasteiger partial charge on any atom is 0.206 e. The Labute approximate surface area is 118 Å². The molecule has 0 aliphatic carbocycles. The van der Waals surface area contributed by atoms with Crippen LogP contribution in [0.4, 0.5) is 5.69 Å². The molecule has 0 atom stereocenters. The van der Waals surface area contributed by atoms with Crippen LogP contribution >= 0.6 is 27.3 Å². The second-order valence-electron chi connectivity index (χ2n) is 3.59. The molecule has 94 valence electrons. The Bertz CT molecular complexity index is 580. The molecule has 0 aliphatic heterocycles. The zero-order valence-corrected chi connectivity index (χ0v) is 12.2. The topological polar surface area (TPSA) is 52.3 Å². The number of thiophene rings is 1. The molecule has 0 unspecified atom stereocenters. The molecule has 2 N–H and O–H groups in total. The lowest BCUT2D eigenvalue weighted by molar-refractivity contribution is 0.103. The molecule has 1 aromatic heterocycles. The summed E-state index contributed by atoms with van der Waals surface area (Å²) in [6.07, 6.45) is 0. The van der Waals surface area contributed by atoms with E-state index in [0.717, 1.165) is 3.79 Å². The van der Waals surface area contributed by atoms with Crippen LogP contribution in [0.15, 0.2) is 34.1 Å². The molecule has 0 saturated carbocycles. The highest BCUT2D eigenvalue weighted by Gasteiger charge is 2.18. The molecule has 1 aromatic carbocycles. The number of halogens is 1. The number of ether oxygens (including phenoxy) is 1. The van der Waals surface area contributed by atoms with Gasteiger partial charge >= 0.3 is 0 Å². The van der Waals surface area contributed by atoms with Crippen LogP contribution in [0.5, 0.6) is 5.75 Å². The number of hydrogen-bond donors (Lipinski definition) is 1. The summed E-state index contributed by atoms with van der Waals surface area (Å²) < 4.78 is 6.39. The van der Waals surface area contributed by atoms with Gasteiger partial charge in [-0.2, -0.15) is 0 Å². The highest BCUT2D eigenvalue weighted by atomic mass is 79.9. The summed E-state index contributed by atoms with van der Waals surface area (Å²) >= 11 is 4.74. The molecule has 0 amide bonds. The van der Waals surface area contributed by atoms with E-state index in [1.807, 2.05) is 13.0 Å². The van der Waals surface area contributed by atoms with E-state index in [0.29, 0.717) is 28.5 Å². The molecule has 5 heteroatoms. The SMILES string of the molecule is CCOc1c(N)cccc1C(=O)c1ccc(Br)s1. The molecule has 18 heavy (non-hydrogen) atoms. The highest BCUT2D eigenvalue weighted by molar-refractivity contribution is 9.11. The number of anilines is 1. The number of ketones is 1. The number of rotatable bonds is 4. The molecular weight excluding hydrogens is 314 g/mol. The van der Waals surface area contributed by atoms with Crippen LogP contribution in [0.25, 0.3) is 0 Å². The fourth-order valence-corrected chi connectivity index (χ4v) is 2.95. The van der Waals surface area contributed by atoms with Gasteiger partial charge in [-0.3, -0.25) is 4.79 Å². The number of para-hydroxylation sites is 1. The van der Waals surface area contributed by atoms with E-state index in [1.54, 1.807) is 24.3 Å². The number of carbonyl (C=O) groups excluding carboxylic acids is 1. The van der Waals surface area contributed by atoms with Crippen LogP contribution in [0.2, 0.25) is 0 Å². The molecule has 0 aliphatic rings. The predicted molar refractivity (Wildman–Crippen MR) is 77.5 cm³/mol. The lowest BCUT2D eigenvalue weighted by Crippen LogP contribution is -2.06. The second-order valence-corrected chi connectivity index (χ2v) is 6.05. The van der Waals surface area contributed by atoms with E-state index in [4.69, 9.17) is 10.5 Å². The van der Waals surface area contributed by atoms with Gasteiger partial charge in [0.1, 0.15) is 0 Å². The van der Waals surface area contributed by atoms with Crippen LogP contribution < -0.4 is 10.5 Å². The summed E-state index contributed by atoms with van der Waals surface area (Å²) in [7, 11) is 0. The predicted octanol–water partition coefficient (Wildman–Crippen LogP) is 3.72. The van der Waals surface area contributed by atoms with Crippen LogP contribution in [-0.4, -0.2) is 12.4 Å². The standard InChI is InChI=1S/C13H12BrNO2S/c1-2-17-13-8(4-3-5-9(13)15)12(16)10-6-7-11(14)18-10/h3-7H,2,15H2,1H3. The number of hydrogen-bond acceptors (Lipinski definition) is 4. The zero-order valence-electron chi connectivity index (χ0n) is 9.77. The van der Waals surface area contributed by atoms with Crippen LogP contribution in [0.1, 0.15) is 22.2 Å². The second kappa shape index (κ2) is 5.54. The lowest BCUT2D eigenvalue weighted by Gasteiger charge is -2.11. The third kappa shape index (κ3) is 2.57. The summed E-state index contributed by atoms with van der Waals surface area (Å²) in [5.74, 6) is 0.399. The normalized spacial score (nSPS) is 10.3. The van der Waals surface area contributed by atoms with Gasteiger partial charge in [0.05, 0.1) is 26.5 Å². The van der Waals surface area contributed by atoms with Crippen molar-refractivity contribution in [2.45, 2.75) is 6.92 Å². The molecule has 0 bridgehead atoms. The van der Waals surface area contributed by atoms with Gasteiger partial charge in [0.2, 0.25) is 5.78 Å².